The maximum atomic E-state index is 12.2. The number of benzene rings is 1. The number of hydrogen-bond acceptors (Lipinski definition) is 6. The van der Waals surface area contributed by atoms with E-state index in [1.165, 1.54) is 18.2 Å². The minimum Gasteiger partial charge on any atom is -0.461 e. The topological polar surface area (TPSA) is 90.9 Å². The van der Waals surface area contributed by atoms with Crippen LogP contribution < -0.4 is 14.2 Å². The van der Waals surface area contributed by atoms with Crippen LogP contribution in [0.25, 0.3) is 0 Å². The number of hydrogen-bond donors (Lipinski definition) is 1. The molecule has 1 saturated heterocycles. The van der Waals surface area contributed by atoms with Gasteiger partial charge in [0.25, 0.3) is 0 Å². The normalized spacial score (nSPS) is 24.8. The van der Waals surface area contributed by atoms with E-state index >= 15 is 0 Å². The van der Waals surface area contributed by atoms with Crippen LogP contribution >= 0.6 is 0 Å². The number of esters is 1. The van der Waals surface area contributed by atoms with Crippen molar-refractivity contribution in [1.29, 1.82) is 0 Å². The molecule has 108 valence electrons. The standard InChI is InChI=1S/C12H13NO6S/c1-7-4-9(12(14)19-7)13-20(15,16)8-2-3-10-11(5-8)18-6-17-10/h2-3,5,7,9,13H,4,6H2,1H3/t7-,9-/m0/s1. The molecule has 1 fully saturated rings. The van der Waals surface area contributed by atoms with Crippen LogP contribution in [0.4, 0.5) is 0 Å². The number of carbonyl (C=O) groups excluding carboxylic acids is 1. The molecule has 0 aromatic heterocycles. The summed E-state index contributed by atoms with van der Waals surface area (Å²) in [4.78, 5) is 11.5. The van der Waals surface area contributed by atoms with E-state index in [-0.39, 0.29) is 17.8 Å². The molecule has 0 amide bonds. The van der Waals surface area contributed by atoms with Crippen LogP contribution in [0.3, 0.4) is 0 Å². The fraction of sp³-hybridized carbons (Fsp3) is 0.417. The molecule has 0 aliphatic carbocycles. The summed E-state index contributed by atoms with van der Waals surface area (Å²) in [6, 6.07) is 3.45. The molecule has 1 N–H and O–H groups in total. The highest BCUT2D eigenvalue weighted by Crippen LogP contribution is 2.34. The highest BCUT2D eigenvalue weighted by atomic mass is 32.2. The third-order valence-corrected chi connectivity index (χ3v) is 4.59. The number of nitrogens with one attached hydrogen (secondary N) is 1. The van der Waals surface area contributed by atoms with Crippen LogP contribution in [0.1, 0.15) is 13.3 Å². The lowest BCUT2D eigenvalue weighted by Gasteiger charge is -2.10. The summed E-state index contributed by atoms with van der Waals surface area (Å²) < 4.78 is 42.0. The van der Waals surface area contributed by atoms with Crippen molar-refractivity contribution in [2.75, 3.05) is 6.79 Å². The first-order chi connectivity index (χ1) is 9.45. The molecular formula is C12H13NO6S. The fourth-order valence-corrected chi connectivity index (χ4v) is 3.36. The van der Waals surface area contributed by atoms with Crippen LogP contribution in [0.2, 0.25) is 0 Å². The number of carbonyl (C=O) groups is 1. The third kappa shape index (κ3) is 2.32. The van der Waals surface area contributed by atoms with Gasteiger partial charge in [0.05, 0.1) is 4.90 Å². The van der Waals surface area contributed by atoms with Crippen LogP contribution in [0, 0.1) is 0 Å². The van der Waals surface area contributed by atoms with Crippen molar-refractivity contribution in [2.24, 2.45) is 0 Å². The van der Waals surface area contributed by atoms with E-state index in [1.807, 2.05) is 0 Å². The molecule has 7 nitrogen and oxygen atoms in total. The first kappa shape index (κ1) is 13.2. The van der Waals surface area contributed by atoms with Gasteiger partial charge in [-0.05, 0) is 19.1 Å². The van der Waals surface area contributed by atoms with E-state index in [0.717, 1.165) is 0 Å². The lowest BCUT2D eigenvalue weighted by Crippen LogP contribution is -2.37. The number of ether oxygens (including phenoxy) is 3. The number of fused-ring (bicyclic) bond motifs is 1. The summed E-state index contributed by atoms with van der Waals surface area (Å²) in [6.07, 6.45) is 0.0368. The quantitative estimate of drug-likeness (QED) is 0.812. The Morgan fingerprint density at radius 2 is 2.00 bits per heavy atom. The van der Waals surface area contributed by atoms with Crippen molar-refractivity contribution < 1.29 is 27.4 Å². The molecule has 0 spiro atoms. The summed E-state index contributed by atoms with van der Waals surface area (Å²) in [6.45, 7) is 1.78. The second-order valence-corrected chi connectivity index (χ2v) is 6.39. The SMILES string of the molecule is C[C@H]1C[C@H](NS(=O)(=O)c2ccc3c(c2)OCO3)C(=O)O1. The Morgan fingerprint density at radius 1 is 1.25 bits per heavy atom. The molecule has 1 aromatic carbocycles. The first-order valence-corrected chi connectivity index (χ1v) is 7.56. The van der Waals surface area contributed by atoms with Gasteiger partial charge >= 0.3 is 5.97 Å². The lowest BCUT2D eigenvalue weighted by atomic mass is 10.2. The molecule has 2 heterocycles. The second-order valence-electron chi connectivity index (χ2n) is 4.67. The molecule has 2 aliphatic heterocycles. The summed E-state index contributed by atoms with van der Waals surface area (Å²) in [5.41, 5.74) is 0. The van der Waals surface area contributed by atoms with Gasteiger partial charge in [-0.25, -0.2) is 8.42 Å². The van der Waals surface area contributed by atoms with Crippen molar-refractivity contribution in [3.05, 3.63) is 18.2 Å². The molecule has 0 saturated carbocycles. The Kier molecular flexibility index (Phi) is 3.06. The number of cyclic esters (lactones) is 1. The average Bonchev–Trinajstić information content (AvgIpc) is 2.95. The molecular weight excluding hydrogens is 286 g/mol. The molecule has 2 aliphatic rings. The lowest BCUT2D eigenvalue weighted by molar-refractivity contribution is -0.142. The van der Waals surface area contributed by atoms with Gasteiger partial charge in [0.1, 0.15) is 12.1 Å². The molecule has 3 rings (SSSR count). The smallest absolute Gasteiger partial charge is 0.324 e. The Bertz CT molecular complexity index is 656. The maximum Gasteiger partial charge on any atom is 0.324 e. The van der Waals surface area contributed by atoms with Crippen LogP contribution in [-0.4, -0.2) is 33.3 Å². The van der Waals surface area contributed by atoms with Gasteiger partial charge in [0.2, 0.25) is 16.8 Å². The summed E-state index contributed by atoms with van der Waals surface area (Å²) >= 11 is 0. The van der Waals surface area contributed by atoms with E-state index in [2.05, 4.69) is 4.72 Å². The van der Waals surface area contributed by atoms with Crippen LogP contribution in [0.5, 0.6) is 11.5 Å². The third-order valence-electron chi connectivity index (χ3n) is 3.12. The van der Waals surface area contributed by atoms with Gasteiger partial charge in [-0.15, -0.1) is 0 Å². The number of rotatable bonds is 3. The fourth-order valence-electron chi connectivity index (χ4n) is 2.15. The largest absolute Gasteiger partial charge is 0.461 e. The molecule has 0 bridgehead atoms. The van der Waals surface area contributed by atoms with Gasteiger partial charge in [-0.1, -0.05) is 0 Å². The molecule has 0 unspecified atom stereocenters. The van der Waals surface area contributed by atoms with Crippen molar-refractivity contribution >= 4 is 16.0 Å². The molecule has 1 aromatic rings. The monoisotopic (exact) mass is 299 g/mol. The van der Waals surface area contributed by atoms with E-state index in [0.29, 0.717) is 17.9 Å². The van der Waals surface area contributed by atoms with Crippen molar-refractivity contribution in [2.45, 2.75) is 30.4 Å². The Labute approximate surface area is 115 Å². The van der Waals surface area contributed by atoms with Gasteiger partial charge in [0.15, 0.2) is 11.5 Å². The summed E-state index contributed by atoms with van der Waals surface area (Å²) in [7, 11) is -3.81. The van der Waals surface area contributed by atoms with Crippen molar-refractivity contribution in [3.8, 4) is 11.5 Å². The van der Waals surface area contributed by atoms with Crippen LogP contribution in [0.15, 0.2) is 23.1 Å². The van der Waals surface area contributed by atoms with Crippen molar-refractivity contribution in [3.63, 3.8) is 0 Å². The zero-order chi connectivity index (χ0) is 14.3. The Morgan fingerprint density at radius 3 is 2.70 bits per heavy atom. The van der Waals surface area contributed by atoms with Gasteiger partial charge in [-0.3, -0.25) is 4.79 Å². The first-order valence-electron chi connectivity index (χ1n) is 6.08. The van der Waals surface area contributed by atoms with Gasteiger partial charge < -0.3 is 14.2 Å². The minimum absolute atomic E-state index is 0.0223. The Hall–Kier alpha value is -1.80. The second kappa shape index (κ2) is 4.64. The van der Waals surface area contributed by atoms with E-state index in [4.69, 9.17) is 14.2 Å². The zero-order valence-electron chi connectivity index (χ0n) is 10.7. The maximum absolute atomic E-state index is 12.2. The van der Waals surface area contributed by atoms with E-state index in [9.17, 15) is 13.2 Å². The zero-order valence-corrected chi connectivity index (χ0v) is 11.5. The molecule has 8 heteroatoms. The van der Waals surface area contributed by atoms with Gasteiger partial charge in [0, 0.05) is 12.5 Å². The summed E-state index contributed by atoms with van der Waals surface area (Å²) in [5.74, 6) is 0.315. The van der Waals surface area contributed by atoms with E-state index < -0.39 is 22.0 Å². The Balaban J connectivity index is 1.83. The predicted octanol–water partition coefficient (Wildman–Crippen LogP) is 0.398. The highest BCUT2D eigenvalue weighted by Gasteiger charge is 2.35. The van der Waals surface area contributed by atoms with Crippen molar-refractivity contribution in [1.82, 2.24) is 4.72 Å². The highest BCUT2D eigenvalue weighted by molar-refractivity contribution is 7.89. The minimum atomic E-state index is -3.81. The van der Waals surface area contributed by atoms with Crippen LogP contribution in [-0.2, 0) is 19.6 Å². The predicted molar refractivity (Wildman–Crippen MR) is 66.8 cm³/mol. The molecule has 2 atom stereocenters. The van der Waals surface area contributed by atoms with Gasteiger partial charge in [-0.2, -0.15) is 4.72 Å². The number of sulfonamides is 1. The molecule has 20 heavy (non-hydrogen) atoms. The molecule has 0 radical (unpaired) electrons. The summed E-state index contributed by atoms with van der Waals surface area (Å²) in [5, 5.41) is 0. The van der Waals surface area contributed by atoms with E-state index in [1.54, 1.807) is 6.92 Å². The average molecular weight is 299 g/mol.